The van der Waals surface area contributed by atoms with Gasteiger partial charge in [0.2, 0.25) is 0 Å². The van der Waals surface area contributed by atoms with Gasteiger partial charge in [-0.25, -0.2) is 0 Å². The Morgan fingerprint density at radius 2 is 2.11 bits per heavy atom. The fraction of sp³-hybridized carbons (Fsp3) is 0.533. The maximum Gasteiger partial charge on any atom is 0.252 e. The molecule has 1 N–H and O–H groups in total. The average molecular weight is 392 g/mol. The summed E-state index contributed by atoms with van der Waals surface area (Å²) in [5.41, 5.74) is 0.679. The van der Waals surface area contributed by atoms with E-state index in [1.54, 1.807) is 6.07 Å². The molecule has 0 bridgehead atoms. The van der Waals surface area contributed by atoms with E-state index in [0.29, 0.717) is 22.4 Å². The van der Waals surface area contributed by atoms with Gasteiger partial charge >= 0.3 is 0 Å². The lowest BCUT2D eigenvalue weighted by Gasteiger charge is -2.34. The largest absolute Gasteiger partial charge is 0.349 e. The molecule has 0 radical (unpaired) electrons. The number of halogens is 2. The van der Waals surface area contributed by atoms with Crippen LogP contribution in [0.2, 0.25) is 5.02 Å². The third-order valence-electron chi connectivity index (χ3n) is 4.20. The summed E-state index contributed by atoms with van der Waals surface area (Å²) in [4.78, 5) is 12.4. The molecule has 1 aromatic rings. The fourth-order valence-corrected chi connectivity index (χ4v) is 3.46. The third-order valence-corrected chi connectivity index (χ3v) is 5.37. The van der Waals surface area contributed by atoms with E-state index in [1.165, 1.54) is 12.8 Å². The number of rotatable bonds is 2. The van der Waals surface area contributed by atoms with Crippen LogP contribution < -0.4 is 5.32 Å². The molecule has 2 rings (SSSR count). The van der Waals surface area contributed by atoms with E-state index < -0.39 is 0 Å². The minimum atomic E-state index is -0.00199. The van der Waals surface area contributed by atoms with Crippen molar-refractivity contribution in [3.63, 3.8) is 0 Å². The smallest absolute Gasteiger partial charge is 0.252 e. The number of carbonyl (C=O) groups excluding carboxylic acids is 1. The SMILES string of the molecule is CC1CCCC(NC(=O)c2cc(Cl)ccc2I)C1C. The maximum absolute atomic E-state index is 12.4. The highest BCUT2D eigenvalue weighted by molar-refractivity contribution is 14.1. The molecular formula is C15H19ClINO. The molecular weight excluding hydrogens is 373 g/mol. The molecule has 2 nitrogen and oxygen atoms in total. The van der Waals surface area contributed by atoms with Crippen molar-refractivity contribution < 1.29 is 4.79 Å². The van der Waals surface area contributed by atoms with Gasteiger partial charge in [0.15, 0.2) is 0 Å². The van der Waals surface area contributed by atoms with Crippen LogP contribution in [0.5, 0.6) is 0 Å². The molecule has 1 amide bonds. The van der Waals surface area contributed by atoms with Crippen LogP contribution in [0.4, 0.5) is 0 Å². The van der Waals surface area contributed by atoms with Crippen molar-refractivity contribution in [3.8, 4) is 0 Å². The first kappa shape index (κ1) is 15.1. The minimum Gasteiger partial charge on any atom is -0.349 e. The van der Waals surface area contributed by atoms with E-state index in [1.807, 2.05) is 12.1 Å². The highest BCUT2D eigenvalue weighted by Crippen LogP contribution is 2.30. The van der Waals surface area contributed by atoms with Gasteiger partial charge in [0.05, 0.1) is 5.56 Å². The standard InChI is InChI=1S/C15H19ClINO/c1-9-4-3-5-14(10(9)2)18-15(19)12-8-11(16)6-7-13(12)17/h6-10,14H,3-5H2,1-2H3,(H,18,19). The Bertz CT molecular complexity index is 477. The van der Waals surface area contributed by atoms with E-state index in [9.17, 15) is 4.79 Å². The van der Waals surface area contributed by atoms with Crippen LogP contribution in [0.15, 0.2) is 18.2 Å². The van der Waals surface area contributed by atoms with Crippen LogP contribution in [-0.4, -0.2) is 11.9 Å². The number of benzene rings is 1. The van der Waals surface area contributed by atoms with Crippen molar-refractivity contribution >= 4 is 40.1 Å². The van der Waals surface area contributed by atoms with E-state index in [2.05, 4.69) is 41.8 Å². The first-order chi connectivity index (χ1) is 8.99. The summed E-state index contributed by atoms with van der Waals surface area (Å²) in [6.07, 6.45) is 3.54. The molecule has 1 aromatic carbocycles. The highest BCUT2D eigenvalue weighted by atomic mass is 127. The molecule has 19 heavy (non-hydrogen) atoms. The Morgan fingerprint density at radius 3 is 2.84 bits per heavy atom. The predicted molar refractivity (Wildman–Crippen MR) is 87.6 cm³/mol. The Morgan fingerprint density at radius 1 is 1.37 bits per heavy atom. The Balaban J connectivity index is 2.10. The van der Waals surface area contributed by atoms with Gasteiger partial charge in [-0.05, 0) is 59.0 Å². The van der Waals surface area contributed by atoms with Gasteiger partial charge in [0, 0.05) is 14.6 Å². The second kappa shape index (κ2) is 6.44. The molecule has 104 valence electrons. The summed E-state index contributed by atoms with van der Waals surface area (Å²) >= 11 is 8.15. The summed E-state index contributed by atoms with van der Waals surface area (Å²) < 4.78 is 0.941. The second-order valence-electron chi connectivity index (χ2n) is 5.47. The number of carbonyl (C=O) groups is 1. The minimum absolute atomic E-state index is 0.00199. The van der Waals surface area contributed by atoms with Crippen molar-refractivity contribution in [3.05, 3.63) is 32.4 Å². The predicted octanol–water partition coefficient (Wildman–Crippen LogP) is 4.50. The maximum atomic E-state index is 12.4. The van der Waals surface area contributed by atoms with Crippen molar-refractivity contribution in [1.82, 2.24) is 5.32 Å². The number of hydrogen-bond donors (Lipinski definition) is 1. The van der Waals surface area contributed by atoms with Gasteiger partial charge in [-0.15, -0.1) is 0 Å². The lowest BCUT2D eigenvalue weighted by atomic mass is 9.78. The monoisotopic (exact) mass is 391 g/mol. The zero-order valence-corrected chi connectivity index (χ0v) is 14.2. The van der Waals surface area contributed by atoms with Crippen LogP contribution >= 0.6 is 34.2 Å². The third kappa shape index (κ3) is 3.63. The zero-order valence-electron chi connectivity index (χ0n) is 11.2. The van der Waals surface area contributed by atoms with Gasteiger partial charge < -0.3 is 5.32 Å². The van der Waals surface area contributed by atoms with Crippen LogP contribution in [0, 0.1) is 15.4 Å². The molecule has 1 aliphatic rings. The number of amides is 1. The normalized spacial score (nSPS) is 27.1. The summed E-state index contributed by atoms with van der Waals surface area (Å²) in [5.74, 6) is 1.21. The van der Waals surface area contributed by atoms with Gasteiger partial charge in [0.25, 0.3) is 5.91 Å². The Labute approximate surface area is 133 Å². The van der Waals surface area contributed by atoms with Crippen LogP contribution in [-0.2, 0) is 0 Å². The van der Waals surface area contributed by atoms with Crippen molar-refractivity contribution in [2.75, 3.05) is 0 Å². The van der Waals surface area contributed by atoms with Gasteiger partial charge in [-0.1, -0.05) is 38.3 Å². The molecule has 4 heteroatoms. The quantitative estimate of drug-likeness (QED) is 0.739. The van der Waals surface area contributed by atoms with Gasteiger partial charge in [-0.3, -0.25) is 4.79 Å². The van der Waals surface area contributed by atoms with Crippen molar-refractivity contribution in [1.29, 1.82) is 0 Å². The second-order valence-corrected chi connectivity index (χ2v) is 7.07. The first-order valence-corrected chi connectivity index (χ1v) is 8.20. The van der Waals surface area contributed by atoms with Crippen LogP contribution in [0.1, 0.15) is 43.5 Å². The summed E-state index contributed by atoms with van der Waals surface area (Å²) in [6, 6.07) is 5.72. The molecule has 0 heterocycles. The van der Waals surface area contributed by atoms with Gasteiger partial charge in [-0.2, -0.15) is 0 Å². The summed E-state index contributed by atoms with van der Waals surface area (Å²) in [7, 11) is 0. The van der Waals surface area contributed by atoms with E-state index in [4.69, 9.17) is 11.6 Å². The molecule has 3 unspecified atom stereocenters. The van der Waals surface area contributed by atoms with Crippen LogP contribution in [0.25, 0.3) is 0 Å². The lowest BCUT2D eigenvalue weighted by Crippen LogP contribution is -2.43. The molecule has 0 saturated heterocycles. The highest BCUT2D eigenvalue weighted by Gasteiger charge is 2.28. The van der Waals surface area contributed by atoms with E-state index in [0.717, 1.165) is 9.99 Å². The van der Waals surface area contributed by atoms with Crippen molar-refractivity contribution in [2.45, 2.75) is 39.2 Å². The van der Waals surface area contributed by atoms with E-state index >= 15 is 0 Å². The molecule has 3 atom stereocenters. The lowest BCUT2D eigenvalue weighted by molar-refractivity contribution is 0.0890. The fourth-order valence-electron chi connectivity index (χ4n) is 2.70. The van der Waals surface area contributed by atoms with Crippen molar-refractivity contribution in [2.24, 2.45) is 11.8 Å². The first-order valence-electron chi connectivity index (χ1n) is 6.75. The molecule has 0 aliphatic heterocycles. The summed E-state index contributed by atoms with van der Waals surface area (Å²) in [6.45, 7) is 4.50. The Hall–Kier alpha value is -0.290. The topological polar surface area (TPSA) is 29.1 Å². The molecule has 0 aromatic heterocycles. The number of hydrogen-bond acceptors (Lipinski definition) is 1. The number of nitrogens with one attached hydrogen (secondary N) is 1. The van der Waals surface area contributed by atoms with E-state index in [-0.39, 0.29) is 11.9 Å². The molecule has 0 spiro atoms. The molecule has 1 aliphatic carbocycles. The Kier molecular flexibility index (Phi) is 5.12. The molecule has 1 saturated carbocycles. The van der Waals surface area contributed by atoms with Crippen LogP contribution in [0.3, 0.4) is 0 Å². The molecule has 1 fully saturated rings. The van der Waals surface area contributed by atoms with Gasteiger partial charge in [0.1, 0.15) is 0 Å². The average Bonchev–Trinajstić information content (AvgIpc) is 2.38. The zero-order chi connectivity index (χ0) is 14.0. The summed E-state index contributed by atoms with van der Waals surface area (Å²) in [5, 5.41) is 3.79.